The minimum Gasteiger partial charge on any atom is -0.460 e. The molecule has 0 atom stereocenters. The molecule has 4 aromatic rings. The molecule has 0 radical (unpaired) electrons. The van der Waals surface area contributed by atoms with Gasteiger partial charge in [-0.05, 0) is 119 Å². The Morgan fingerprint density at radius 3 is 1.07 bits per heavy atom. The molecule has 460 valence electrons. The molecule has 0 spiro atoms. The number of aliphatic hydroxyl groups is 1. The molecule has 0 saturated heterocycles. The van der Waals surface area contributed by atoms with E-state index in [-0.39, 0.29) is 83.8 Å². The second kappa shape index (κ2) is 29.4. The van der Waals surface area contributed by atoms with E-state index in [2.05, 4.69) is 13.2 Å². The summed E-state index contributed by atoms with van der Waals surface area (Å²) in [5.41, 5.74) is -10.2. The standard InChI is InChI=1S/C62H77N3O20/c1-39(2)47(67)61(11,12)81-34-29-60(9,10)85-54(74)46-26-20-18-24-44(46)52(72)80-38-32-65-56(76)63(55(75)64(57(65)77)31-37-79-51(71)43-23-17-19-25-45(43)53(73)84-58(5,6)27-33-66)30-36-78-50(70)42-22-16-15-21-41(42)48(68)62(13,14)82-35-28-59(7,8)83-49(69)40(3)4/h15-26,66H,1,3,27-38H2,2,4-14H3. The fourth-order valence-electron chi connectivity index (χ4n) is 8.16. The van der Waals surface area contributed by atoms with Crippen molar-refractivity contribution in [1.29, 1.82) is 0 Å². The molecule has 1 heterocycles. The third-order valence-corrected chi connectivity index (χ3v) is 13.1. The van der Waals surface area contributed by atoms with Crippen LogP contribution in [0.25, 0.3) is 0 Å². The van der Waals surface area contributed by atoms with Crippen LogP contribution in [0.5, 0.6) is 0 Å². The van der Waals surface area contributed by atoms with Crippen molar-refractivity contribution >= 4 is 47.4 Å². The normalized spacial score (nSPS) is 11.9. The van der Waals surface area contributed by atoms with Gasteiger partial charge in [0.2, 0.25) is 0 Å². The van der Waals surface area contributed by atoms with E-state index in [1.807, 2.05) is 0 Å². The number of carbonyl (C=O) groups is 8. The molecule has 0 aliphatic carbocycles. The number of rotatable bonds is 32. The number of hydrogen-bond acceptors (Lipinski definition) is 20. The Morgan fingerprint density at radius 1 is 0.424 bits per heavy atom. The molecule has 1 N–H and O–H groups in total. The Hall–Kier alpha value is -8.41. The topological polar surface area (TPSA) is 297 Å². The van der Waals surface area contributed by atoms with Crippen LogP contribution in [0.2, 0.25) is 0 Å². The lowest BCUT2D eigenvalue weighted by molar-refractivity contribution is -0.153. The fraction of sp³-hybridized carbons (Fsp3) is 0.468. The Kier molecular flexibility index (Phi) is 23.9. The summed E-state index contributed by atoms with van der Waals surface area (Å²) < 4.78 is 46.6. The van der Waals surface area contributed by atoms with Crippen molar-refractivity contribution in [2.45, 2.75) is 150 Å². The number of nitrogens with zero attached hydrogens (tertiary/aromatic N) is 3. The predicted octanol–water partition coefficient (Wildman–Crippen LogP) is 6.59. The smallest absolute Gasteiger partial charge is 0.339 e. The van der Waals surface area contributed by atoms with Crippen molar-refractivity contribution in [1.82, 2.24) is 13.7 Å². The Bertz CT molecular complexity index is 3370. The average molecular weight is 1180 g/mol. The molecule has 23 heteroatoms. The number of Topliss-reactive ketones (excluding diaryl/α,β-unsaturated/α-hetero) is 2. The van der Waals surface area contributed by atoms with E-state index < -0.39 is 126 Å². The van der Waals surface area contributed by atoms with Crippen LogP contribution in [-0.2, 0) is 67.1 Å². The molecule has 0 bridgehead atoms. The van der Waals surface area contributed by atoms with Crippen LogP contribution in [0.4, 0.5) is 0 Å². The van der Waals surface area contributed by atoms with Crippen LogP contribution >= 0.6 is 0 Å². The van der Waals surface area contributed by atoms with Gasteiger partial charge in [0, 0.05) is 37.0 Å². The van der Waals surface area contributed by atoms with Crippen LogP contribution < -0.4 is 17.1 Å². The van der Waals surface area contributed by atoms with E-state index in [0.29, 0.717) is 19.3 Å². The number of aromatic nitrogens is 3. The predicted molar refractivity (Wildman–Crippen MR) is 309 cm³/mol. The number of benzene rings is 3. The molecule has 3 aromatic carbocycles. The summed E-state index contributed by atoms with van der Waals surface area (Å²) in [5.74, 6) is -6.45. The molecule has 0 amide bonds. The molecule has 1 aromatic heterocycles. The number of hydrogen-bond donors (Lipinski definition) is 1. The van der Waals surface area contributed by atoms with Crippen molar-refractivity contribution in [2.24, 2.45) is 0 Å². The molecule has 4 rings (SSSR count). The third kappa shape index (κ3) is 19.3. The summed E-state index contributed by atoms with van der Waals surface area (Å²) in [6, 6.07) is 16.8. The maximum absolute atomic E-state index is 14.1. The number of aliphatic hydroxyl groups excluding tert-OH is 1. The number of ketones is 2. The largest absolute Gasteiger partial charge is 0.460 e. The molecule has 0 aliphatic heterocycles. The molecule has 0 aliphatic rings. The van der Waals surface area contributed by atoms with Crippen molar-refractivity contribution in [3.8, 4) is 0 Å². The molecule has 23 nitrogen and oxygen atoms in total. The summed E-state index contributed by atoms with van der Waals surface area (Å²) in [7, 11) is 0. The van der Waals surface area contributed by atoms with Crippen molar-refractivity contribution in [3.63, 3.8) is 0 Å². The highest BCUT2D eigenvalue weighted by Gasteiger charge is 2.35. The SMILES string of the molecule is C=C(C)C(=O)OC(C)(C)CCOC(C)(C)C(=O)c1ccccc1C(=O)OCCn1c(=O)n(CCOC(=O)c2ccccc2C(=O)OC(C)(C)CCO)c(=O)n(CCOC(=O)c2ccccc2C(=O)OC(C)(C)CCOC(C)(C)C(=O)C(=C)C)c1=O. The van der Waals surface area contributed by atoms with E-state index >= 15 is 0 Å². The second-order valence-corrected chi connectivity index (χ2v) is 22.7. The van der Waals surface area contributed by atoms with E-state index in [1.54, 1.807) is 62.3 Å². The summed E-state index contributed by atoms with van der Waals surface area (Å²) in [6.07, 6.45) is 0.440. The summed E-state index contributed by atoms with van der Waals surface area (Å²) in [5, 5.41) is 9.42. The lowest BCUT2D eigenvalue weighted by Crippen LogP contribution is -2.55. The molecule has 0 saturated carbocycles. The third-order valence-electron chi connectivity index (χ3n) is 13.1. The first-order valence-corrected chi connectivity index (χ1v) is 27.3. The quantitative estimate of drug-likeness (QED) is 0.0233. The van der Waals surface area contributed by atoms with Gasteiger partial charge in [-0.2, -0.15) is 0 Å². The Labute approximate surface area is 492 Å². The summed E-state index contributed by atoms with van der Waals surface area (Å²) in [6.45, 7) is 21.9. The lowest BCUT2D eigenvalue weighted by atomic mass is 9.92. The first-order valence-electron chi connectivity index (χ1n) is 27.3. The van der Waals surface area contributed by atoms with Crippen LogP contribution in [0.15, 0.2) is 111 Å². The van der Waals surface area contributed by atoms with Gasteiger partial charge in [-0.3, -0.25) is 9.59 Å². The first kappa shape index (κ1) is 69.1. The van der Waals surface area contributed by atoms with E-state index in [4.69, 9.17) is 37.9 Å². The summed E-state index contributed by atoms with van der Waals surface area (Å²) in [4.78, 5) is 149. The summed E-state index contributed by atoms with van der Waals surface area (Å²) >= 11 is 0. The van der Waals surface area contributed by atoms with E-state index in [9.17, 15) is 57.8 Å². The Balaban J connectivity index is 1.59. The van der Waals surface area contributed by atoms with Crippen LogP contribution in [0.1, 0.15) is 164 Å². The fourth-order valence-corrected chi connectivity index (χ4v) is 8.16. The van der Waals surface area contributed by atoms with E-state index in [0.717, 1.165) is 0 Å². The lowest BCUT2D eigenvalue weighted by Gasteiger charge is -2.29. The molecular weight excluding hydrogens is 1110 g/mol. The zero-order chi connectivity index (χ0) is 63.8. The van der Waals surface area contributed by atoms with Gasteiger partial charge in [-0.25, -0.2) is 56.9 Å². The average Bonchev–Trinajstić information content (AvgIpc) is 1.92. The second-order valence-electron chi connectivity index (χ2n) is 22.7. The number of esters is 6. The first-order chi connectivity index (χ1) is 39.6. The van der Waals surface area contributed by atoms with Crippen molar-refractivity contribution in [3.05, 3.63) is 162 Å². The van der Waals surface area contributed by atoms with E-state index in [1.165, 1.54) is 93.6 Å². The molecule has 85 heavy (non-hydrogen) atoms. The maximum atomic E-state index is 14.1. The zero-order valence-electron chi connectivity index (χ0n) is 50.4. The van der Waals surface area contributed by atoms with Crippen LogP contribution in [0, 0.1) is 0 Å². The van der Waals surface area contributed by atoms with Gasteiger partial charge in [-0.15, -0.1) is 0 Å². The highest BCUT2D eigenvalue weighted by molar-refractivity contribution is 6.10. The van der Waals surface area contributed by atoms with Gasteiger partial charge in [0.25, 0.3) is 0 Å². The monoisotopic (exact) mass is 1180 g/mol. The van der Waals surface area contributed by atoms with Crippen LogP contribution in [0.3, 0.4) is 0 Å². The van der Waals surface area contributed by atoms with Gasteiger partial charge in [0.05, 0.1) is 60.7 Å². The van der Waals surface area contributed by atoms with Crippen LogP contribution in [-0.4, -0.2) is 134 Å². The molecule has 0 unspecified atom stereocenters. The van der Waals surface area contributed by atoms with Gasteiger partial charge in [0.1, 0.15) is 47.8 Å². The highest BCUT2D eigenvalue weighted by atomic mass is 16.6. The minimum absolute atomic E-state index is 0.0195. The van der Waals surface area contributed by atoms with Crippen molar-refractivity contribution in [2.75, 3.05) is 39.6 Å². The van der Waals surface area contributed by atoms with Gasteiger partial charge in [-0.1, -0.05) is 55.6 Å². The van der Waals surface area contributed by atoms with Crippen molar-refractivity contribution < 1.29 is 81.4 Å². The van der Waals surface area contributed by atoms with Gasteiger partial charge in [0.15, 0.2) is 11.6 Å². The van der Waals surface area contributed by atoms with Gasteiger partial charge < -0.3 is 43.0 Å². The number of carbonyl (C=O) groups excluding carboxylic acids is 8. The number of ether oxygens (including phenoxy) is 8. The Morgan fingerprint density at radius 2 is 0.729 bits per heavy atom. The zero-order valence-corrected chi connectivity index (χ0v) is 50.4. The minimum atomic E-state index is -1.51. The highest BCUT2D eigenvalue weighted by Crippen LogP contribution is 2.26. The molecular formula is C62H77N3O20. The molecule has 0 fully saturated rings. The van der Waals surface area contributed by atoms with Gasteiger partial charge >= 0.3 is 52.9 Å². The maximum Gasteiger partial charge on any atom is 0.339 e.